The van der Waals surface area contributed by atoms with Crippen molar-refractivity contribution >= 4 is 17.8 Å². The van der Waals surface area contributed by atoms with Crippen LogP contribution in [-0.2, 0) is 0 Å². The molecule has 0 bridgehead atoms. The fourth-order valence-corrected chi connectivity index (χ4v) is 1.01. The molecule has 1 aromatic rings. The second-order valence-corrected chi connectivity index (χ2v) is 2.88. The Morgan fingerprint density at radius 2 is 1.71 bits per heavy atom. The summed E-state index contributed by atoms with van der Waals surface area (Å²) < 4.78 is 36.6. The van der Waals surface area contributed by atoms with E-state index in [1.807, 2.05) is 5.32 Å². The first-order chi connectivity index (χ1) is 7.82. The fourth-order valence-electron chi connectivity index (χ4n) is 1.01. The van der Waals surface area contributed by atoms with Gasteiger partial charge in [-0.1, -0.05) is 18.2 Å². The number of para-hydroxylation sites is 1. The van der Waals surface area contributed by atoms with Crippen molar-refractivity contribution in [3.8, 4) is 0 Å². The highest BCUT2D eigenvalue weighted by atomic mass is 19.4. The number of anilines is 1. The topological polar surface area (TPSA) is 69.6 Å². The first-order valence-corrected chi connectivity index (χ1v) is 4.28. The fraction of sp³-hybridized carbons (Fsp3) is 0.111. The minimum absolute atomic E-state index is 0.0630. The molecule has 0 saturated heterocycles. The zero-order valence-corrected chi connectivity index (χ0v) is 8.23. The third-order valence-electron chi connectivity index (χ3n) is 1.67. The molecule has 8 heteroatoms. The Hall–Kier alpha value is -2.25. The minimum atomic E-state index is -5.29. The third-order valence-corrected chi connectivity index (χ3v) is 1.67. The van der Waals surface area contributed by atoms with Gasteiger partial charge in [-0.25, -0.2) is 9.59 Å². The highest BCUT2D eigenvalue weighted by Gasteiger charge is 2.46. The molecule has 1 aromatic carbocycles. The zero-order chi connectivity index (χ0) is 13.1. The molecule has 0 spiro atoms. The first-order valence-electron chi connectivity index (χ1n) is 4.28. The van der Waals surface area contributed by atoms with E-state index in [1.165, 1.54) is 24.3 Å². The number of carbonyl (C=O) groups excluding carboxylic acids is 1. The highest BCUT2D eigenvalue weighted by molar-refractivity contribution is 5.98. The summed E-state index contributed by atoms with van der Waals surface area (Å²) in [7, 11) is 0. The van der Waals surface area contributed by atoms with E-state index in [4.69, 9.17) is 5.11 Å². The van der Waals surface area contributed by atoms with Gasteiger partial charge in [0.25, 0.3) is 0 Å². The SMILES string of the molecule is O=C(O)N(C(=O)Nc1ccccc1)C(F)(F)F. The van der Waals surface area contributed by atoms with Crippen LogP contribution in [0.15, 0.2) is 30.3 Å². The number of rotatable bonds is 1. The molecule has 0 fully saturated rings. The van der Waals surface area contributed by atoms with Crippen molar-refractivity contribution < 1.29 is 27.9 Å². The average Bonchev–Trinajstić information content (AvgIpc) is 2.15. The Balaban J connectivity index is 2.84. The Labute approximate surface area is 93.4 Å². The Morgan fingerprint density at radius 1 is 1.18 bits per heavy atom. The highest BCUT2D eigenvalue weighted by Crippen LogP contribution is 2.22. The third kappa shape index (κ3) is 3.37. The van der Waals surface area contributed by atoms with Gasteiger partial charge in [-0.05, 0) is 12.1 Å². The lowest BCUT2D eigenvalue weighted by molar-refractivity contribution is -0.207. The van der Waals surface area contributed by atoms with Crippen LogP contribution in [0.1, 0.15) is 0 Å². The predicted octanol–water partition coefficient (Wildman–Crippen LogP) is 2.72. The van der Waals surface area contributed by atoms with Gasteiger partial charge < -0.3 is 10.4 Å². The molecule has 0 unspecified atom stereocenters. The molecule has 2 N–H and O–H groups in total. The van der Waals surface area contributed by atoms with Crippen LogP contribution < -0.4 is 5.32 Å². The standard InChI is InChI=1S/C9H7F3N2O3/c10-9(11,12)14(8(16)17)7(15)13-6-4-2-1-3-5-6/h1-5H,(H,13,15)(H,16,17). The van der Waals surface area contributed by atoms with Crippen molar-refractivity contribution in [3.63, 3.8) is 0 Å². The average molecular weight is 248 g/mol. The number of benzene rings is 1. The quantitative estimate of drug-likeness (QED) is 0.750. The summed E-state index contributed by atoms with van der Waals surface area (Å²) in [6.45, 7) is 0. The molecule has 0 atom stereocenters. The van der Waals surface area contributed by atoms with E-state index in [0.717, 1.165) is 0 Å². The van der Waals surface area contributed by atoms with Gasteiger partial charge in [0.05, 0.1) is 0 Å². The number of nitrogens with zero attached hydrogens (tertiary/aromatic N) is 1. The Bertz CT molecular complexity index is 419. The maximum atomic E-state index is 12.2. The van der Waals surface area contributed by atoms with Crippen LogP contribution in [0.25, 0.3) is 0 Å². The van der Waals surface area contributed by atoms with Crippen LogP contribution in [0.3, 0.4) is 0 Å². The number of carbonyl (C=O) groups is 2. The van der Waals surface area contributed by atoms with Gasteiger partial charge in [0, 0.05) is 5.69 Å². The van der Waals surface area contributed by atoms with E-state index in [0.29, 0.717) is 0 Å². The molecule has 0 aliphatic carbocycles. The lowest BCUT2D eigenvalue weighted by atomic mass is 10.3. The van der Waals surface area contributed by atoms with Crippen LogP contribution in [0.2, 0.25) is 0 Å². The summed E-state index contributed by atoms with van der Waals surface area (Å²) in [5, 5.41) is 10.1. The van der Waals surface area contributed by atoms with Crippen LogP contribution >= 0.6 is 0 Å². The van der Waals surface area contributed by atoms with Gasteiger partial charge in [-0.3, -0.25) is 0 Å². The van der Waals surface area contributed by atoms with Crippen molar-refractivity contribution in [2.24, 2.45) is 0 Å². The molecular formula is C9H7F3N2O3. The van der Waals surface area contributed by atoms with Gasteiger partial charge in [-0.2, -0.15) is 0 Å². The van der Waals surface area contributed by atoms with Gasteiger partial charge >= 0.3 is 18.4 Å². The molecule has 0 aromatic heterocycles. The van der Waals surface area contributed by atoms with E-state index in [2.05, 4.69) is 0 Å². The van der Waals surface area contributed by atoms with Crippen molar-refractivity contribution in [1.82, 2.24) is 4.90 Å². The number of hydrogen-bond acceptors (Lipinski definition) is 2. The molecule has 92 valence electrons. The van der Waals surface area contributed by atoms with Crippen molar-refractivity contribution in [2.45, 2.75) is 6.30 Å². The maximum absolute atomic E-state index is 12.2. The Morgan fingerprint density at radius 3 is 2.12 bits per heavy atom. The molecule has 5 nitrogen and oxygen atoms in total. The lowest BCUT2D eigenvalue weighted by Gasteiger charge is -2.20. The summed E-state index contributed by atoms with van der Waals surface area (Å²) in [6.07, 6.45) is -7.68. The normalized spacial score (nSPS) is 10.8. The molecule has 0 aliphatic heterocycles. The molecule has 17 heavy (non-hydrogen) atoms. The van der Waals surface area contributed by atoms with Gasteiger partial charge in [0.2, 0.25) is 0 Å². The maximum Gasteiger partial charge on any atom is 0.498 e. The van der Waals surface area contributed by atoms with Crippen LogP contribution in [0, 0.1) is 0 Å². The largest absolute Gasteiger partial charge is 0.498 e. The summed E-state index contributed by atoms with van der Waals surface area (Å²) in [5.74, 6) is 0. The summed E-state index contributed by atoms with van der Waals surface area (Å²) >= 11 is 0. The Kier molecular flexibility index (Phi) is 3.56. The molecular weight excluding hydrogens is 241 g/mol. The summed E-state index contributed by atoms with van der Waals surface area (Å²) in [5.41, 5.74) is 0.0630. The molecule has 1 rings (SSSR count). The summed E-state index contributed by atoms with van der Waals surface area (Å²) in [6, 6.07) is 5.43. The molecule has 0 radical (unpaired) electrons. The molecule has 0 heterocycles. The smallest absolute Gasteiger partial charge is 0.464 e. The van der Waals surface area contributed by atoms with E-state index >= 15 is 0 Å². The van der Waals surface area contributed by atoms with Crippen molar-refractivity contribution in [1.29, 1.82) is 0 Å². The number of alkyl halides is 3. The van der Waals surface area contributed by atoms with Crippen LogP contribution in [-0.4, -0.2) is 28.4 Å². The van der Waals surface area contributed by atoms with Gasteiger partial charge in [0.15, 0.2) is 0 Å². The monoisotopic (exact) mass is 248 g/mol. The summed E-state index contributed by atoms with van der Waals surface area (Å²) in [4.78, 5) is 20.2. The van der Waals surface area contributed by atoms with Crippen LogP contribution in [0.5, 0.6) is 0 Å². The molecule has 3 amide bonds. The lowest BCUT2D eigenvalue weighted by Crippen LogP contribution is -2.48. The number of amides is 3. The van der Waals surface area contributed by atoms with E-state index in [1.54, 1.807) is 6.07 Å². The zero-order valence-electron chi connectivity index (χ0n) is 8.23. The second kappa shape index (κ2) is 4.73. The van der Waals surface area contributed by atoms with Crippen molar-refractivity contribution in [3.05, 3.63) is 30.3 Å². The van der Waals surface area contributed by atoms with Crippen LogP contribution in [0.4, 0.5) is 28.4 Å². The first kappa shape index (κ1) is 12.8. The number of carboxylic acid groups (broad SMARTS) is 1. The predicted molar refractivity (Wildman–Crippen MR) is 51.4 cm³/mol. The molecule has 0 saturated carbocycles. The van der Waals surface area contributed by atoms with Gasteiger partial charge in [0.1, 0.15) is 0 Å². The van der Waals surface area contributed by atoms with E-state index in [9.17, 15) is 22.8 Å². The van der Waals surface area contributed by atoms with Crippen molar-refractivity contribution in [2.75, 3.05) is 5.32 Å². The number of hydrogen-bond donors (Lipinski definition) is 2. The molecule has 0 aliphatic rings. The minimum Gasteiger partial charge on any atom is -0.464 e. The van der Waals surface area contributed by atoms with E-state index < -0.39 is 23.3 Å². The van der Waals surface area contributed by atoms with Gasteiger partial charge in [-0.15, -0.1) is 18.1 Å². The number of imide groups is 1. The number of halogens is 3. The second-order valence-electron chi connectivity index (χ2n) is 2.88. The van der Waals surface area contributed by atoms with E-state index in [-0.39, 0.29) is 5.69 Å². The number of nitrogens with one attached hydrogen (secondary N) is 1. The number of urea groups is 1.